The van der Waals surface area contributed by atoms with E-state index in [-0.39, 0.29) is 6.10 Å². The average Bonchev–Trinajstić information content (AvgIpc) is 2.74. The summed E-state index contributed by atoms with van der Waals surface area (Å²) in [6, 6.07) is 4.19. The lowest BCUT2D eigenvalue weighted by Crippen LogP contribution is -2.37. The van der Waals surface area contributed by atoms with E-state index in [0.29, 0.717) is 5.92 Å². The van der Waals surface area contributed by atoms with Crippen molar-refractivity contribution in [1.82, 2.24) is 4.98 Å². The van der Waals surface area contributed by atoms with Crippen LogP contribution in [0, 0.1) is 5.92 Å². The minimum atomic E-state index is -0.0710. The van der Waals surface area contributed by atoms with Gasteiger partial charge in [-0.1, -0.05) is 0 Å². The summed E-state index contributed by atoms with van der Waals surface area (Å²) < 4.78 is 1.29. The van der Waals surface area contributed by atoms with E-state index in [4.69, 9.17) is 0 Å². The molecule has 1 aliphatic rings. The van der Waals surface area contributed by atoms with Crippen molar-refractivity contribution in [2.75, 3.05) is 18.5 Å². The van der Waals surface area contributed by atoms with Crippen molar-refractivity contribution in [2.24, 2.45) is 5.92 Å². The van der Waals surface area contributed by atoms with E-state index in [9.17, 15) is 5.11 Å². The molecular weight excluding hydrogens is 232 g/mol. The van der Waals surface area contributed by atoms with Gasteiger partial charge in [-0.2, -0.15) is 0 Å². The van der Waals surface area contributed by atoms with Crippen molar-refractivity contribution in [2.45, 2.75) is 18.9 Å². The molecule has 17 heavy (non-hydrogen) atoms. The summed E-state index contributed by atoms with van der Waals surface area (Å²) in [7, 11) is 2.09. The van der Waals surface area contributed by atoms with E-state index in [1.54, 1.807) is 11.3 Å². The molecule has 3 rings (SSSR count). The van der Waals surface area contributed by atoms with Crippen LogP contribution in [0.5, 0.6) is 0 Å². The Morgan fingerprint density at radius 2 is 2.29 bits per heavy atom. The van der Waals surface area contributed by atoms with Crippen molar-refractivity contribution in [1.29, 1.82) is 0 Å². The van der Waals surface area contributed by atoms with Gasteiger partial charge in [-0.3, -0.25) is 0 Å². The topological polar surface area (TPSA) is 36.4 Å². The molecule has 0 aliphatic heterocycles. The zero-order valence-electron chi connectivity index (χ0n) is 9.84. The van der Waals surface area contributed by atoms with Crippen molar-refractivity contribution in [3.8, 4) is 0 Å². The van der Waals surface area contributed by atoms with Gasteiger partial charge in [-0.05, 0) is 36.3 Å². The first kappa shape index (κ1) is 11.0. The zero-order valence-corrected chi connectivity index (χ0v) is 10.7. The van der Waals surface area contributed by atoms with E-state index in [0.717, 1.165) is 25.2 Å². The number of rotatable bonds is 3. The third-order valence-electron chi connectivity index (χ3n) is 3.46. The summed E-state index contributed by atoms with van der Waals surface area (Å²) in [5.74, 6) is 1.68. The summed E-state index contributed by atoms with van der Waals surface area (Å²) in [4.78, 5) is 6.69. The molecule has 4 heteroatoms. The Balaban J connectivity index is 1.80. The number of fused-ring (bicyclic) bond motifs is 1. The Labute approximate surface area is 105 Å². The van der Waals surface area contributed by atoms with E-state index >= 15 is 0 Å². The smallest absolute Gasteiger partial charge is 0.137 e. The molecule has 1 saturated carbocycles. The van der Waals surface area contributed by atoms with Gasteiger partial charge < -0.3 is 10.0 Å². The Bertz CT molecular complexity index is 519. The quantitative estimate of drug-likeness (QED) is 0.906. The summed E-state index contributed by atoms with van der Waals surface area (Å²) in [5.41, 5.74) is 0. The number of pyridine rings is 1. The van der Waals surface area contributed by atoms with Crippen molar-refractivity contribution >= 4 is 27.2 Å². The molecule has 2 aromatic rings. The summed E-state index contributed by atoms with van der Waals surface area (Å²) in [6.07, 6.45) is 3.67. The summed E-state index contributed by atoms with van der Waals surface area (Å²) in [6.45, 7) is 0.985. The van der Waals surface area contributed by atoms with Crippen LogP contribution in [0.15, 0.2) is 23.7 Å². The lowest BCUT2D eigenvalue weighted by atomic mass is 9.82. The molecule has 0 radical (unpaired) electrons. The molecule has 0 unspecified atom stereocenters. The fourth-order valence-corrected chi connectivity index (χ4v) is 3.28. The molecule has 0 amide bonds. The minimum Gasteiger partial charge on any atom is -0.393 e. The molecule has 2 aromatic heterocycles. The maximum Gasteiger partial charge on any atom is 0.137 e. The third-order valence-corrected chi connectivity index (χ3v) is 4.35. The SMILES string of the molecule is CN(CC1CC(O)C1)c1nccc2sccc12. The van der Waals surface area contributed by atoms with Crippen LogP contribution in [-0.4, -0.2) is 29.8 Å². The van der Waals surface area contributed by atoms with Gasteiger partial charge in [-0.25, -0.2) is 4.98 Å². The predicted molar refractivity (Wildman–Crippen MR) is 71.6 cm³/mol. The van der Waals surface area contributed by atoms with Gasteiger partial charge in [0.1, 0.15) is 5.82 Å². The molecule has 3 nitrogen and oxygen atoms in total. The number of aromatic nitrogens is 1. The van der Waals surface area contributed by atoms with Crippen LogP contribution >= 0.6 is 11.3 Å². The van der Waals surface area contributed by atoms with Gasteiger partial charge in [0.05, 0.1) is 6.10 Å². The van der Waals surface area contributed by atoms with Crippen LogP contribution < -0.4 is 4.90 Å². The number of thiophene rings is 1. The summed E-state index contributed by atoms with van der Waals surface area (Å²) in [5, 5.41) is 12.7. The van der Waals surface area contributed by atoms with Crippen molar-refractivity contribution in [3.05, 3.63) is 23.7 Å². The van der Waals surface area contributed by atoms with Crippen LogP contribution in [0.1, 0.15) is 12.8 Å². The monoisotopic (exact) mass is 248 g/mol. The number of aliphatic hydroxyl groups is 1. The number of anilines is 1. The Hall–Kier alpha value is -1.13. The fourth-order valence-electron chi connectivity index (χ4n) is 2.51. The second-order valence-corrected chi connectivity index (χ2v) is 5.79. The second-order valence-electron chi connectivity index (χ2n) is 4.84. The van der Waals surface area contributed by atoms with Gasteiger partial charge in [-0.15, -0.1) is 11.3 Å². The molecule has 1 aliphatic carbocycles. The lowest BCUT2D eigenvalue weighted by Gasteiger charge is -2.34. The Kier molecular flexibility index (Phi) is 2.76. The van der Waals surface area contributed by atoms with Crippen LogP contribution in [0.3, 0.4) is 0 Å². The standard InChI is InChI=1S/C13H16N2OS/c1-15(8-9-6-10(16)7-9)13-11-3-5-17-12(11)2-4-14-13/h2-5,9-10,16H,6-8H2,1H3. The molecule has 1 fully saturated rings. The van der Waals surface area contributed by atoms with Crippen LogP contribution in [-0.2, 0) is 0 Å². The van der Waals surface area contributed by atoms with Crippen LogP contribution in [0.4, 0.5) is 5.82 Å². The highest BCUT2D eigenvalue weighted by molar-refractivity contribution is 7.17. The molecule has 0 bridgehead atoms. The molecule has 1 N–H and O–H groups in total. The largest absolute Gasteiger partial charge is 0.393 e. The van der Waals surface area contributed by atoms with Gasteiger partial charge in [0.15, 0.2) is 0 Å². The number of aliphatic hydroxyl groups excluding tert-OH is 1. The van der Waals surface area contributed by atoms with Gasteiger partial charge in [0.2, 0.25) is 0 Å². The maximum atomic E-state index is 9.31. The molecule has 0 spiro atoms. The number of hydrogen-bond acceptors (Lipinski definition) is 4. The van der Waals surface area contributed by atoms with Gasteiger partial charge >= 0.3 is 0 Å². The molecule has 0 atom stereocenters. The zero-order chi connectivity index (χ0) is 11.8. The molecule has 0 saturated heterocycles. The molecule has 90 valence electrons. The first-order chi connectivity index (χ1) is 8.24. The normalized spacial score (nSPS) is 23.6. The molecule has 0 aromatic carbocycles. The highest BCUT2D eigenvalue weighted by Crippen LogP contribution is 2.32. The Morgan fingerprint density at radius 3 is 3.06 bits per heavy atom. The first-order valence-electron chi connectivity index (χ1n) is 5.95. The van der Waals surface area contributed by atoms with Gasteiger partial charge in [0.25, 0.3) is 0 Å². The van der Waals surface area contributed by atoms with E-state index in [2.05, 4.69) is 34.4 Å². The highest BCUT2D eigenvalue weighted by Gasteiger charge is 2.28. The number of hydrogen-bond donors (Lipinski definition) is 1. The maximum absolute atomic E-state index is 9.31. The Morgan fingerprint density at radius 1 is 1.47 bits per heavy atom. The van der Waals surface area contributed by atoms with Crippen LogP contribution in [0.2, 0.25) is 0 Å². The predicted octanol–water partition coefficient (Wildman–Crippen LogP) is 2.50. The average molecular weight is 248 g/mol. The minimum absolute atomic E-state index is 0.0710. The fraction of sp³-hybridized carbons (Fsp3) is 0.462. The van der Waals surface area contributed by atoms with Crippen LogP contribution in [0.25, 0.3) is 10.1 Å². The third kappa shape index (κ3) is 2.03. The van der Waals surface area contributed by atoms with E-state index in [1.165, 1.54) is 10.1 Å². The lowest BCUT2D eigenvalue weighted by molar-refractivity contribution is 0.0464. The number of nitrogens with zero attached hydrogens (tertiary/aromatic N) is 2. The molecule has 2 heterocycles. The van der Waals surface area contributed by atoms with Crippen molar-refractivity contribution in [3.63, 3.8) is 0 Å². The van der Waals surface area contributed by atoms with E-state index < -0.39 is 0 Å². The van der Waals surface area contributed by atoms with Crippen molar-refractivity contribution < 1.29 is 5.11 Å². The first-order valence-corrected chi connectivity index (χ1v) is 6.83. The molecular formula is C13H16N2OS. The van der Waals surface area contributed by atoms with Gasteiger partial charge in [0, 0.05) is 29.9 Å². The highest BCUT2D eigenvalue weighted by atomic mass is 32.1. The second kappa shape index (κ2) is 4.27. The summed E-state index contributed by atoms with van der Waals surface area (Å²) >= 11 is 1.75. The van der Waals surface area contributed by atoms with E-state index in [1.807, 2.05) is 6.20 Å².